The van der Waals surface area contributed by atoms with Gasteiger partial charge < -0.3 is 38.1 Å². The number of carbonyl (C=O) groups is 1. The Bertz CT molecular complexity index is 1450. The lowest BCUT2D eigenvalue weighted by Gasteiger charge is -2.08. The zero-order valence-electron chi connectivity index (χ0n) is 17.5. The predicted molar refractivity (Wildman–Crippen MR) is 129 cm³/mol. The molecule has 0 aliphatic heterocycles. The number of benzene rings is 1. The second-order valence-electron chi connectivity index (χ2n) is 7.18. The van der Waals surface area contributed by atoms with Crippen LogP contribution in [0.3, 0.4) is 0 Å². The van der Waals surface area contributed by atoms with Gasteiger partial charge in [0.25, 0.3) is 5.91 Å². The molecule has 0 radical (unpaired) electrons. The van der Waals surface area contributed by atoms with Gasteiger partial charge in [-0.2, -0.15) is 0 Å². The van der Waals surface area contributed by atoms with E-state index in [-0.39, 0.29) is 12.3 Å². The minimum atomic E-state index is -0.698. The van der Waals surface area contributed by atoms with Gasteiger partial charge in [0.1, 0.15) is 6.61 Å². The second-order valence-corrected chi connectivity index (χ2v) is 7.18. The van der Waals surface area contributed by atoms with Gasteiger partial charge in [-0.1, -0.05) is 6.07 Å². The number of anilines is 1. The van der Waals surface area contributed by atoms with Crippen LogP contribution < -0.4 is 27.7 Å². The summed E-state index contributed by atoms with van der Waals surface area (Å²) in [6, 6.07) is 10.4. The van der Waals surface area contributed by atoms with Crippen molar-refractivity contribution in [2.45, 2.75) is 0 Å². The molecule has 4 aromatic rings. The Labute approximate surface area is 188 Å². The molecular formula is C23H22N8O2. The SMILES string of the molecule is N=Cc1c(N)ccc2[nH]c3c(C(N)=O)nc(-c4cccc(OC/C(N)=C/C=C\N)n4)cc3c12. The van der Waals surface area contributed by atoms with Crippen molar-refractivity contribution in [3.63, 3.8) is 0 Å². The van der Waals surface area contributed by atoms with Crippen LogP contribution in [0, 0.1) is 5.41 Å². The van der Waals surface area contributed by atoms with Crippen molar-refractivity contribution < 1.29 is 9.53 Å². The number of aromatic nitrogens is 3. The Morgan fingerprint density at radius 2 is 1.97 bits per heavy atom. The van der Waals surface area contributed by atoms with Crippen LogP contribution in [0.5, 0.6) is 5.88 Å². The zero-order chi connectivity index (χ0) is 23.5. The molecule has 10 nitrogen and oxygen atoms in total. The Kier molecular flexibility index (Phi) is 5.64. The summed E-state index contributed by atoms with van der Waals surface area (Å²) in [5.74, 6) is -0.373. The second kappa shape index (κ2) is 8.71. The molecule has 0 unspecified atom stereocenters. The lowest BCUT2D eigenvalue weighted by atomic mass is 10.0. The van der Waals surface area contributed by atoms with Crippen LogP contribution in [0.2, 0.25) is 0 Å². The first-order valence-corrected chi connectivity index (χ1v) is 9.91. The van der Waals surface area contributed by atoms with Crippen molar-refractivity contribution in [2.24, 2.45) is 17.2 Å². The van der Waals surface area contributed by atoms with Crippen molar-refractivity contribution in [3.8, 4) is 17.3 Å². The number of ether oxygens (including phenoxy) is 1. The summed E-state index contributed by atoms with van der Waals surface area (Å²) in [4.78, 5) is 24.3. The first kappa shape index (κ1) is 21.4. The number of fused-ring (bicyclic) bond motifs is 3. The number of nitrogens with two attached hydrogens (primary N) is 4. The highest BCUT2D eigenvalue weighted by molar-refractivity contribution is 6.20. The van der Waals surface area contributed by atoms with E-state index in [0.29, 0.717) is 56.0 Å². The molecule has 0 aliphatic rings. The molecule has 166 valence electrons. The van der Waals surface area contributed by atoms with Crippen LogP contribution >= 0.6 is 0 Å². The fraction of sp³-hybridized carbons (Fsp3) is 0.0435. The molecule has 4 rings (SSSR count). The van der Waals surface area contributed by atoms with Crippen molar-refractivity contribution in [1.82, 2.24) is 15.0 Å². The molecule has 0 saturated heterocycles. The minimum absolute atomic E-state index is 0.0575. The van der Waals surface area contributed by atoms with E-state index in [9.17, 15) is 4.79 Å². The normalized spacial score (nSPS) is 11.9. The van der Waals surface area contributed by atoms with Crippen LogP contribution in [-0.4, -0.2) is 33.7 Å². The van der Waals surface area contributed by atoms with Crippen LogP contribution in [0.1, 0.15) is 16.1 Å². The fourth-order valence-electron chi connectivity index (χ4n) is 3.52. The monoisotopic (exact) mass is 442 g/mol. The fourth-order valence-corrected chi connectivity index (χ4v) is 3.52. The van der Waals surface area contributed by atoms with E-state index in [4.69, 9.17) is 33.1 Å². The van der Waals surface area contributed by atoms with Crippen LogP contribution in [-0.2, 0) is 0 Å². The molecule has 3 aromatic heterocycles. The Hall–Kier alpha value is -4.86. The average molecular weight is 442 g/mol. The molecule has 1 aromatic carbocycles. The van der Waals surface area contributed by atoms with E-state index in [0.717, 1.165) is 0 Å². The number of aromatic amines is 1. The van der Waals surface area contributed by atoms with E-state index in [1.807, 2.05) is 0 Å². The predicted octanol–water partition coefficient (Wildman–Crippen LogP) is 2.15. The molecular weight excluding hydrogens is 420 g/mol. The number of allylic oxidation sites excluding steroid dienone is 2. The Morgan fingerprint density at radius 1 is 1.15 bits per heavy atom. The van der Waals surface area contributed by atoms with Crippen LogP contribution in [0.25, 0.3) is 33.2 Å². The zero-order valence-corrected chi connectivity index (χ0v) is 17.5. The number of nitrogens with zero attached hydrogens (tertiary/aromatic N) is 2. The van der Waals surface area contributed by atoms with Crippen molar-refractivity contribution in [1.29, 1.82) is 5.41 Å². The summed E-state index contributed by atoms with van der Waals surface area (Å²) in [7, 11) is 0. The van der Waals surface area contributed by atoms with Gasteiger partial charge in [-0.3, -0.25) is 4.79 Å². The minimum Gasteiger partial charge on any atom is -0.471 e. The number of amides is 1. The van der Waals surface area contributed by atoms with Gasteiger partial charge in [0, 0.05) is 45.5 Å². The molecule has 0 spiro atoms. The third-order valence-corrected chi connectivity index (χ3v) is 5.00. The van der Waals surface area contributed by atoms with Gasteiger partial charge in [-0.15, -0.1) is 0 Å². The highest BCUT2D eigenvalue weighted by Gasteiger charge is 2.19. The van der Waals surface area contributed by atoms with Gasteiger partial charge in [0.2, 0.25) is 5.88 Å². The molecule has 0 aliphatic carbocycles. The summed E-state index contributed by atoms with van der Waals surface area (Å²) >= 11 is 0. The van der Waals surface area contributed by atoms with Gasteiger partial charge in [0.15, 0.2) is 5.69 Å². The number of hydrogen-bond donors (Lipinski definition) is 6. The van der Waals surface area contributed by atoms with E-state index >= 15 is 0 Å². The smallest absolute Gasteiger partial charge is 0.269 e. The Morgan fingerprint density at radius 3 is 2.70 bits per heavy atom. The number of pyridine rings is 2. The highest BCUT2D eigenvalue weighted by atomic mass is 16.5. The van der Waals surface area contributed by atoms with Crippen LogP contribution in [0.4, 0.5) is 5.69 Å². The van der Waals surface area contributed by atoms with E-state index in [1.54, 1.807) is 48.6 Å². The third kappa shape index (κ3) is 4.04. The number of primary amides is 1. The maximum Gasteiger partial charge on any atom is 0.269 e. The first-order chi connectivity index (χ1) is 15.9. The summed E-state index contributed by atoms with van der Waals surface area (Å²) in [5, 5.41) is 9.16. The first-order valence-electron chi connectivity index (χ1n) is 9.91. The van der Waals surface area contributed by atoms with Crippen molar-refractivity contribution >= 4 is 39.6 Å². The number of nitrogens with one attached hydrogen (secondary N) is 2. The molecule has 33 heavy (non-hydrogen) atoms. The lowest BCUT2D eigenvalue weighted by Crippen LogP contribution is -2.14. The maximum absolute atomic E-state index is 12.2. The van der Waals surface area contributed by atoms with Crippen molar-refractivity contribution in [3.05, 3.63) is 71.7 Å². The quantitative estimate of drug-likeness (QED) is 0.143. The number of hydrogen-bond acceptors (Lipinski definition) is 8. The molecule has 10 N–H and O–H groups in total. The maximum atomic E-state index is 12.2. The molecule has 0 atom stereocenters. The third-order valence-electron chi connectivity index (χ3n) is 5.00. The lowest BCUT2D eigenvalue weighted by molar-refractivity contribution is 0.0997. The van der Waals surface area contributed by atoms with Gasteiger partial charge in [-0.25, -0.2) is 9.97 Å². The molecule has 0 fully saturated rings. The molecule has 3 heterocycles. The van der Waals surface area contributed by atoms with Gasteiger partial charge >= 0.3 is 0 Å². The number of rotatable bonds is 7. The Balaban J connectivity index is 1.85. The summed E-state index contributed by atoms with van der Waals surface area (Å²) in [6.07, 6.45) is 5.78. The summed E-state index contributed by atoms with van der Waals surface area (Å²) in [5.41, 5.74) is 26.4. The van der Waals surface area contributed by atoms with Crippen LogP contribution in [0.15, 0.2) is 60.4 Å². The molecule has 1 amide bonds. The van der Waals surface area contributed by atoms with Gasteiger partial charge in [-0.05, 0) is 42.6 Å². The highest BCUT2D eigenvalue weighted by Crippen LogP contribution is 2.34. The topological polar surface area (TPSA) is 196 Å². The standard InChI is InChI=1S/C23H22N8O2/c24-8-2-3-12(26)11-33-19-5-1-4-16(29-19)18-9-13-20-14(10-25)15(27)6-7-17(20)30-21(13)22(31-18)23(28)32/h1-10,25,30H,11,24,26-27H2,(H2,28,32)/b8-2-,12-3-,25-10?. The number of carbonyl (C=O) groups excluding carboxylic acids is 1. The summed E-state index contributed by atoms with van der Waals surface area (Å²) in [6.45, 7) is 0.115. The molecule has 0 saturated carbocycles. The number of nitrogen functional groups attached to an aromatic ring is 1. The largest absolute Gasteiger partial charge is 0.471 e. The van der Waals surface area contributed by atoms with Crippen molar-refractivity contribution in [2.75, 3.05) is 12.3 Å². The van der Waals surface area contributed by atoms with Gasteiger partial charge in [0.05, 0.1) is 16.9 Å². The van der Waals surface area contributed by atoms with E-state index in [1.165, 1.54) is 12.4 Å². The molecule has 10 heteroatoms. The average Bonchev–Trinajstić information content (AvgIpc) is 3.19. The van der Waals surface area contributed by atoms with E-state index < -0.39 is 5.91 Å². The molecule has 0 bridgehead atoms. The van der Waals surface area contributed by atoms with E-state index in [2.05, 4.69) is 15.0 Å². The summed E-state index contributed by atoms with van der Waals surface area (Å²) < 4.78 is 5.65. The number of H-pyrrole nitrogens is 1.